The second kappa shape index (κ2) is 9.78. The molecule has 0 saturated heterocycles. The molecule has 4 N–H and O–H groups in total. The average Bonchev–Trinajstić information content (AvgIpc) is 2.60. The monoisotopic (exact) mass is 348 g/mol. The van der Waals surface area contributed by atoms with E-state index >= 15 is 0 Å². The van der Waals surface area contributed by atoms with Gasteiger partial charge in [-0.25, -0.2) is 0 Å². The Labute approximate surface area is 148 Å². The maximum Gasteiger partial charge on any atom is 0.255 e. The number of anilines is 1. The Morgan fingerprint density at radius 3 is 2.28 bits per heavy atom. The van der Waals surface area contributed by atoms with E-state index in [4.69, 9.17) is 5.73 Å². The van der Waals surface area contributed by atoms with Gasteiger partial charge in [-0.15, -0.1) is 0 Å². The number of hydrogen-bond acceptors (Lipinski definition) is 4. The van der Waals surface area contributed by atoms with Gasteiger partial charge >= 0.3 is 0 Å². The van der Waals surface area contributed by atoms with Gasteiger partial charge in [0.05, 0.1) is 23.8 Å². The van der Waals surface area contributed by atoms with E-state index in [9.17, 15) is 14.4 Å². The van der Waals surface area contributed by atoms with Crippen molar-refractivity contribution in [1.82, 2.24) is 10.2 Å². The molecule has 0 aliphatic rings. The summed E-state index contributed by atoms with van der Waals surface area (Å²) in [6.07, 6.45) is 0. The smallest absolute Gasteiger partial charge is 0.255 e. The zero-order valence-corrected chi connectivity index (χ0v) is 15.3. The molecule has 1 atom stereocenters. The van der Waals surface area contributed by atoms with Crippen LogP contribution in [0.3, 0.4) is 0 Å². The molecule has 1 rings (SSSR count). The Kier molecular flexibility index (Phi) is 8.07. The summed E-state index contributed by atoms with van der Waals surface area (Å²) in [6, 6.07) is 6.15. The van der Waals surface area contributed by atoms with Gasteiger partial charge in [0.15, 0.2) is 0 Å². The molecule has 0 aliphatic carbocycles. The van der Waals surface area contributed by atoms with Crippen molar-refractivity contribution in [1.29, 1.82) is 0 Å². The fourth-order valence-electron chi connectivity index (χ4n) is 2.24. The number of para-hydroxylation sites is 1. The van der Waals surface area contributed by atoms with Crippen LogP contribution in [0.2, 0.25) is 0 Å². The molecule has 0 aliphatic heterocycles. The number of hydrogen-bond donors (Lipinski definition) is 3. The van der Waals surface area contributed by atoms with E-state index in [0.29, 0.717) is 24.3 Å². The Hall–Kier alpha value is -2.41. The van der Waals surface area contributed by atoms with Crippen LogP contribution in [-0.2, 0) is 9.59 Å². The summed E-state index contributed by atoms with van der Waals surface area (Å²) in [4.78, 5) is 38.1. The predicted molar refractivity (Wildman–Crippen MR) is 98.1 cm³/mol. The highest BCUT2D eigenvalue weighted by molar-refractivity contribution is 6.04. The molecule has 3 amide bonds. The van der Waals surface area contributed by atoms with Gasteiger partial charge in [0.25, 0.3) is 5.91 Å². The summed E-state index contributed by atoms with van der Waals surface area (Å²) in [5.41, 5.74) is 6.58. The lowest BCUT2D eigenvalue weighted by molar-refractivity contribution is -0.125. The normalized spacial score (nSPS) is 11.8. The van der Waals surface area contributed by atoms with Crippen molar-refractivity contribution in [3.8, 4) is 0 Å². The van der Waals surface area contributed by atoms with Gasteiger partial charge in [0.2, 0.25) is 11.8 Å². The number of rotatable bonds is 8. The lowest BCUT2D eigenvalue weighted by atomic mass is 10.1. The van der Waals surface area contributed by atoms with Crippen LogP contribution >= 0.6 is 0 Å². The van der Waals surface area contributed by atoms with Crippen LogP contribution in [0, 0.1) is 5.92 Å². The third kappa shape index (κ3) is 5.86. The molecule has 0 spiro atoms. The predicted octanol–water partition coefficient (Wildman–Crippen LogP) is 1.21. The van der Waals surface area contributed by atoms with Crippen molar-refractivity contribution in [2.24, 2.45) is 11.7 Å². The van der Waals surface area contributed by atoms with Crippen molar-refractivity contribution in [2.45, 2.75) is 33.7 Å². The van der Waals surface area contributed by atoms with Crippen LogP contribution in [0.15, 0.2) is 24.3 Å². The molecule has 7 nitrogen and oxygen atoms in total. The van der Waals surface area contributed by atoms with Crippen LogP contribution < -0.4 is 16.4 Å². The summed E-state index contributed by atoms with van der Waals surface area (Å²) in [5.74, 6) is -0.955. The van der Waals surface area contributed by atoms with E-state index in [1.165, 1.54) is 0 Å². The highest BCUT2D eigenvalue weighted by Crippen LogP contribution is 2.17. The number of nitrogens with zero attached hydrogens (tertiary/aromatic N) is 1. The maximum atomic E-state index is 12.5. The highest BCUT2D eigenvalue weighted by atomic mass is 16.2. The van der Waals surface area contributed by atoms with Crippen molar-refractivity contribution in [3.63, 3.8) is 0 Å². The second-order valence-electron chi connectivity index (χ2n) is 6.06. The minimum atomic E-state index is -0.663. The molecule has 1 aromatic rings. The molecule has 1 aromatic carbocycles. The Morgan fingerprint density at radius 1 is 1.12 bits per heavy atom. The van der Waals surface area contributed by atoms with Crippen molar-refractivity contribution < 1.29 is 14.4 Å². The lowest BCUT2D eigenvalue weighted by Gasteiger charge is -2.20. The molecule has 25 heavy (non-hydrogen) atoms. The molecule has 0 aromatic heterocycles. The number of carbonyl (C=O) groups excluding carboxylic acids is 3. The number of nitrogens with one attached hydrogen (secondary N) is 2. The molecule has 138 valence electrons. The number of benzene rings is 1. The lowest BCUT2D eigenvalue weighted by Crippen LogP contribution is -2.46. The molecule has 0 saturated carbocycles. The molecule has 0 unspecified atom stereocenters. The first kappa shape index (κ1) is 20.6. The second-order valence-corrected chi connectivity index (χ2v) is 6.06. The van der Waals surface area contributed by atoms with Crippen molar-refractivity contribution in [3.05, 3.63) is 29.8 Å². The topological polar surface area (TPSA) is 105 Å². The minimum absolute atomic E-state index is 0.0181. The molecule has 0 heterocycles. The molecule has 0 radical (unpaired) electrons. The highest BCUT2D eigenvalue weighted by Gasteiger charge is 2.19. The summed E-state index contributed by atoms with van der Waals surface area (Å²) in [6.45, 7) is 8.43. The summed E-state index contributed by atoms with van der Waals surface area (Å²) in [5, 5.41) is 5.18. The van der Waals surface area contributed by atoms with Gasteiger partial charge in [-0.2, -0.15) is 0 Å². The van der Waals surface area contributed by atoms with Gasteiger partial charge < -0.3 is 21.3 Å². The molecule has 7 heteroatoms. The molecular formula is C18H28N4O3. The van der Waals surface area contributed by atoms with E-state index in [0.717, 1.165) is 0 Å². The van der Waals surface area contributed by atoms with E-state index in [2.05, 4.69) is 10.6 Å². The largest absolute Gasteiger partial charge is 0.346 e. The molecular weight excluding hydrogens is 320 g/mol. The van der Waals surface area contributed by atoms with Gasteiger partial charge in [0.1, 0.15) is 0 Å². The van der Waals surface area contributed by atoms with E-state index in [1.807, 2.05) is 27.7 Å². The Morgan fingerprint density at radius 2 is 1.72 bits per heavy atom. The Balaban J connectivity index is 2.75. The SMILES string of the molecule is CCN(CC)C(=O)c1ccccc1NC(=O)CNC(=O)[C@@H](N)C(C)C. The van der Waals surface area contributed by atoms with Crippen molar-refractivity contribution in [2.75, 3.05) is 25.0 Å². The molecule has 0 fully saturated rings. The van der Waals surface area contributed by atoms with Crippen LogP contribution in [0.5, 0.6) is 0 Å². The number of amides is 3. The third-order valence-electron chi connectivity index (χ3n) is 3.93. The van der Waals surface area contributed by atoms with Crippen LogP contribution in [-0.4, -0.2) is 48.3 Å². The van der Waals surface area contributed by atoms with Gasteiger partial charge in [-0.05, 0) is 31.9 Å². The fraction of sp³-hybridized carbons (Fsp3) is 0.500. The zero-order chi connectivity index (χ0) is 19.0. The molecule has 0 bridgehead atoms. The first-order valence-corrected chi connectivity index (χ1v) is 8.53. The summed E-state index contributed by atoms with van der Waals surface area (Å²) in [7, 11) is 0. The van der Waals surface area contributed by atoms with Crippen LogP contribution in [0.25, 0.3) is 0 Å². The van der Waals surface area contributed by atoms with Gasteiger partial charge in [-0.3, -0.25) is 14.4 Å². The van der Waals surface area contributed by atoms with E-state index in [1.54, 1.807) is 29.2 Å². The van der Waals surface area contributed by atoms with E-state index < -0.39 is 11.9 Å². The fourth-order valence-corrected chi connectivity index (χ4v) is 2.24. The quantitative estimate of drug-likeness (QED) is 0.656. The maximum absolute atomic E-state index is 12.5. The van der Waals surface area contributed by atoms with Gasteiger partial charge in [0, 0.05) is 13.1 Å². The standard InChI is InChI=1S/C18H28N4O3/c1-5-22(6-2)18(25)13-9-7-8-10-14(13)21-15(23)11-20-17(24)16(19)12(3)4/h7-10,12,16H,5-6,11,19H2,1-4H3,(H,20,24)(H,21,23)/t16-/m0/s1. The summed E-state index contributed by atoms with van der Waals surface area (Å²) >= 11 is 0. The average molecular weight is 348 g/mol. The minimum Gasteiger partial charge on any atom is -0.346 e. The third-order valence-corrected chi connectivity index (χ3v) is 3.93. The zero-order valence-electron chi connectivity index (χ0n) is 15.3. The van der Waals surface area contributed by atoms with Crippen LogP contribution in [0.1, 0.15) is 38.1 Å². The first-order chi connectivity index (χ1) is 11.8. The van der Waals surface area contributed by atoms with Gasteiger partial charge in [-0.1, -0.05) is 26.0 Å². The summed E-state index contributed by atoms with van der Waals surface area (Å²) < 4.78 is 0. The van der Waals surface area contributed by atoms with Crippen LogP contribution in [0.4, 0.5) is 5.69 Å². The number of carbonyl (C=O) groups is 3. The number of nitrogens with two attached hydrogens (primary N) is 1. The Bertz CT molecular complexity index is 612. The van der Waals surface area contributed by atoms with E-state index in [-0.39, 0.29) is 24.3 Å². The first-order valence-electron chi connectivity index (χ1n) is 8.53. The van der Waals surface area contributed by atoms with Crippen molar-refractivity contribution >= 4 is 23.4 Å².